The molecule has 1 aliphatic heterocycles. The third-order valence-electron chi connectivity index (χ3n) is 9.03. The number of ether oxygens (including phenoxy) is 4. The first-order valence-corrected chi connectivity index (χ1v) is 17.5. The van der Waals surface area contributed by atoms with Gasteiger partial charge in [-0.1, -0.05) is 18.6 Å². The van der Waals surface area contributed by atoms with Crippen LogP contribution in [0, 0.1) is 5.82 Å². The van der Waals surface area contributed by atoms with Crippen molar-refractivity contribution in [2.75, 3.05) is 38.7 Å². The predicted octanol–water partition coefficient (Wildman–Crippen LogP) is 8.28. The Morgan fingerprint density at radius 1 is 0.873 bits per heavy atom. The van der Waals surface area contributed by atoms with E-state index >= 15 is 4.39 Å². The number of para-hydroxylation sites is 2. The zero-order valence-electron chi connectivity index (χ0n) is 29.6. The Kier molecular flexibility index (Phi) is 10.8. The number of rotatable bonds is 12. The van der Waals surface area contributed by atoms with Crippen LogP contribution < -0.4 is 29.8 Å². The van der Waals surface area contributed by atoms with Gasteiger partial charge in [0.1, 0.15) is 11.5 Å². The summed E-state index contributed by atoms with van der Waals surface area (Å²) in [6.07, 6.45) is 1.24. The maximum atomic E-state index is 15.5. The molecule has 0 saturated carbocycles. The van der Waals surface area contributed by atoms with Gasteiger partial charge < -0.3 is 29.2 Å². The van der Waals surface area contributed by atoms with Crippen LogP contribution >= 0.6 is 0 Å². The highest BCUT2D eigenvalue weighted by molar-refractivity contribution is 6.03. The Bertz CT molecular complexity index is 2400. The molecule has 0 aliphatic carbocycles. The summed E-state index contributed by atoms with van der Waals surface area (Å²) in [5, 5.41) is 3.05. The molecule has 1 saturated heterocycles. The lowest BCUT2D eigenvalue weighted by molar-refractivity contribution is -0.274. The third kappa shape index (κ3) is 8.62. The number of hydrogen-bond acceptors (Lipinski definition) is 9. The molecule has 1 fully saturated rings. The predicted molar refractivity (Wildman–Crippen MR) is 197 cm³/mol. The van der Waals surface area contributed by atoms with Gasteiger partial charge in [0.2, 0.25) is 0 Å². The second kappa shape index (κ2) is 16.0. The van der Waals surface area contributed by atoms with Crippen LogP contribution in [0.25, 0.3) is 27.6 Å². The molecule has 11 nitrogen and oxygen atoms in total. The zero-order valence-corrected chi connectivity index (χ0v) is 29.6. The summed E-state index contributed by atoms with van der Waals surface area (Å²) >= 11 is 0. The van der Waals surface area contributed by atoms with Gasteiger partial charge in [0.05, 0.1) is 30.3 Å². The molecule has 55 heavy (non-hydrogen) atoms. The molecule has 7 rings (SSSR count). The van der Waals surface area contributed by atoms with Gasteiger partial charge >= 0.3 is 6.36 Å². The van der Waals surface area contributed by atoms with Crippen LogP contribution in [-0.2, 0) is 0 Å². The molecule has 4 aromatic carbocycles. The Morgan fingerprint density at radius 2 is 1.65 bits per heavy atom. The van der Waals surface area contributed by atoms with Crippen molar-refractivity contribution in [2.45, 2.75) is 32.0 Å². The number of likely N-dealkylation sites (tertiary alicyclic amines) is 1. The summed E-state index contributed by atoms with van der Waals surface area (Å²) in [4.78, 5) is 38.2. The molecule has 15 heteroatoms. The summed E-state index contributed by atoms with van der Waals surface area (Å²) in [7, 11) is 1.53. The number of anilines is 1. The smallest absolute Gasteiger partial charge is 0.493 e. The first kappa shape index (κ1) is 37.1. The summed E-state index contributed by atoms with van der Waals surface area (Å²) in [5.74, 6) is -1.08. The molecule has 1 amide bonds. The fourth-order valence-electron chi connectivity index (χ4n) is 6.45. The molecule has 1 aliphatic rings. The molecule has 0 spiro atoms. The van der Waals surface area contributed by atoms with E-state index < -0.39 is 35.1 Å². The van der Waals surface area contributed by atoms with Gasteiger partial charge in [0.25, 0.3) is 11.5 Å². The quantitative estimate of drug-likeness (QED) is 0.0973. The summed E-state index contributed by atoms with van der Waals surface area (Å²) in [5.41, 5.74) is -0.113. The van der Waals surface area contributed by atoms with Crippen LogP contribution in [0.15, 0.2) is 95.9 Å². The highest BCUT2D eigenvalue weighted by Crippen LogP contribution is 2.38. The number of hydrogen-bond donors (Lipinski definition) is 1. The number of alkyl halides is 3. The van der Waals surface area contributed by atoms with Crippen molar-refractivity contribution in [3.8, 4) is 34.4 Å². The SMILES string of the molecule is COc1cc2c(Oc3ccc(NC(=O)c4nc5ccccc5n(-c5ccc(OC(F)(F)F)cc5)c4=O)cc3F)ccnc2cc1OCCCN1CCCCC1. The number of piperidine rings is 1. The Morgan fingerprint density at radius 3 is 2.40 bits per heavy atom. The van der Waals surface area contributed by atoms with Gasteiger partial charge in [0.15, 0.2) is 28.8 Å². The van der Waals surface area contributed by atoms with Gasteiger partial charge in [-0.15, -0.1) is 13.2 Å². The average Bonchev–Trinajstić information content (AvgIpc) is 3.17. The van der Waals surface area contributed by atoms with E-state index in [4.69, 9.17) is 14.2 Å². The van der Waals surface area contributed by atoms with E-state index in [0.717, 1.165) is 48.8 Å². The van der Waals surface area contributed by atoms with E-state index in [1.807, 2.05) is 0 Å². The molecule has 3 heterocycles. The van der Waals surface area contributed by atoms with E-state index in [1.165, 1.54) is 56.8 Å². The van der Waals surface area contributed by atoms with Crippen molar-refractivity contribution >= 4 is 33.5 Å². The van der Waals surface area contributed by atoms with Crippen LogP contribution in [0.4, 0.5) is 23.2 Å². The van der Waals surface area contributed by atoms with Crippen LogP contribution in [0.5, 0.6) is 28.7 Å². The number of methoxy groups -OCH3 is 1. The second-order valence-electron chi connectivity index (χ2n) is 12.8. The summed E-state index contributed by atoms with van der Waals surface area (Å²) in [6.45, 7) is 3.70. The average molecular weight is 758 g/mol. The first-order chi connectivity index (χ1) is 26.6. The minimum Gasteiger partial charge on any atom is -0.493 e. The van der Waals surface area contributed by atoms with Gasteiger partial charge in [-0.05, 0) is 93.0 Å². The molecule has 0 atom stereocenters. The number of halogens is 4. The van der Waals surface area contributed by atoms with E-state index in [2.05, 4.69) is 24.9 Å². The Hall–Kier alpha value is -6.22. The number of amides is 1. The van der Waals surface area contributed by atoms with Crippen molar-refractivity contribution in [3.05, 3.63) is 113 Å². The van der Waals surface area contributed by atoms with Crippen LogP contribution in [0.1, 0.15) is 36.2 Å². The van der Waals surface area contributed by atoms with Crippen molar-refractivity contribution in [3.63, 3.8) is 0 Å². The minimum atomic E-state index is -4.90. The zero-order chi connectivity index (χ0) is 38.5. The number of pyridine rings is 1. The first-order valence-electron chi connectivity index (χ1n) is 17.5. The molecular weight excluding hydrogens is 722 g/mol. The molecular formula is C40H35F4N5O6. The van der Waals surface area contributed by atoms with Crippen LogP contribution in [0.2, 0.25) is 0 Å². The van der Waals surface area contributed by atoms with Crippen LogP contribution in [0.3, 0.4) is 0 Å². The monoisotopic (exact) mass is 757 g/mol. The van der Waals surface area contributed by atoms with Gasteiger partial charge in [-0.25, -0.2) is 9.37 Å². The van der Waals surface area contributed by atoms with Crippen molar-refractivity contribution in [1.82, 2.24) is 19.4 Å². The number of carbonyl (C=O) groups excluding carboxylic acids is 1. The maximum Gasteiger partial charge on any atom is 0.573 e. The Labute approximate surface area is 312 Å². The molecule has 0 bridgehead atoms. The molecule has 2 aromatic heterocycles. The number of benzene rings is 4. The lowest BCUT2D eigenvalue weighted by Gasteiger charge is -2.26. The number of carbonyl (C=O) groups is 1. The highest BCUT2D eigenvalue weighted by Gasteiger charge is 2.31. The van der Waals surface area contributed by atoms with Crippen LogP contribution in [-0.4, -0.2) is 65.1 Å². The lowest BCUT2D eigenvalue weighted by atomic mass is 10.1. The van der Waals surface area contributed by atoms with E-state index in [-0.39, 0.29) is 22.6 Å². The standard InChI is InChI=1S/C40H35F4N5O6/c1-52-35-23-28-31(24-36(35)53-21-7-20-48-18-5-2-6-19-48)45-17-16-33(28)54-34-15-10-25(22-29(34)41)46-38(50)37-39(51)49(32-9-4-3-8-30(32)47-37)26-11-13-27(14-12-26)55-40(42,43)44/h3-4,8-17,22-24H,2,5-7,18-21H2,1H3,(H,46,50). The maximum absolute atomic E-state index is 15.5. The molecule has 1 N–H and O–H groups in total. The fourth-order valence-corrected chi connectivity index (χ4v) is 6.45. The van der Waals surface area contributed by atoms with Crippen molar-refractivity contribution in [2.24, 2.45) is 0 Å². The molecule has 284 valence electrons. The highest BCUT2D eigenvalue weighted by atomic mass is 19.4. The minimum absolute atomic E-state index is 0.00717. The Balaban J connectivity index is 1.08. The van der Waals surface area contributed by atoms with Gasteiger partial charge in [-0.3, -0.25) is 19.1 Å². The molecule has 0 unspecified atom stereocenters. The number of nitrogens with one attached hydrogen (secondary N) is 1. The number of nitrogens with zero attached hydrogens (tertiary/aromatic N) is 4. The molecule has 0 radical (unpaired) electrons. The topological polar surface area (TPSA) is 117 Å². The summed E-state index contributed by atoms with van der Waals surface area (Å²) < 4.78 is 76.3. The van der Waals surface area contributed by atoms with Gasteiger partial charge in [0, 0.05) is 41.6 Å². The van der Waals surface area contributed by atoms with E-state index in [1.54, 1.807) is 42.5 Å². The van der Waals surface area contributed by atoms with Crippen molar-refractivity contribution < 1.29 is 41.3 Å². The molecule has 6 aromatic rings. The van der Waals surface area contributed by atoms with Crippen molar-refractivity contribution in [1.29, 1.82) is 0 Å². The van der Waals surface area contributed by atoms with Gasteiger partial charge in [-0.2, -0.15) is 0 Å². The second-order valence-corrected chi connectivity index (χ2v) is 12.8. The fraction of sp³-hybridized carbons (Fsp3) is 0.250. The third-order valence-corrected chi connectivity index (χ3v) is 9.03. The largest absolute Gasteiger partial charge is 0.573 e. The summed E-state index contributed by atoms with van der Waals surface area (Å²) in [6, 6.07) is 19.8. The normalized spacial score (nSPS) is 13.5. The van der Waals surface area contributed by atoms with E-state index in [0.29, 0.717) is 40.3 Å². The lowest BCUT2D eigenvalue weighted by Crippen LogP contribution is -2.31. The number of aromatic nitrogens is 3. The number of fused-ring (bicyclic) bond motifs is 2. The van der Waals surface area contributed by atoms with E-state index in [9.17, 15) is 22.8 Å².